The largest absolute Gasteiger partial charge is 0.337 e. The van der Waals surface area contributed by atoms with E-state index in [0.717, 1.165) is 13.1 Å². The van der Waals surface area contributed by atoms with Crippen molar-refractivity contribution < 1.29 is 4.79 Å². The van der Waals surface area contributed by atoms with Gasteiger partial charge in [-0.15, -0.1) is 0 Å². The van der Waals surface area contributed by atoms with Crippen molar-refractivity contribution in [3.05, 3.63) is 24.3 Å². The standard InChI is InChI=1S/C12H17N3O/c1-9-5-10(2)8-15(7-9)12(16)11-6-13-3-4-14-11/h3-4,6,9-10H,5,7-8H2,1-2H3. The van der Waals surface area contributed by atoms with Gasteiger partial charge in [-0.05, 0) is 18.3 Å². The van der Waals surface area contributed by atoms with Crippen molar-refractivity contribution in [2.75, 3.05) is 13.1 Å². The molecule has 2 unspecified atom stereocenters. The Morgan fingerprint density at radius 2 is 2.00 bits per heavy atom. The van der Waals surface area contributed by atoms with Crippen LogP contribution in [0.5, 0.6) is 0 Å². The number of hydrogen-bond acceptors (Lipinski definition) is 3. The summed E-state index contributed by atoms with van der Waals surface area (Å²) in [6.45, 7) is 6.04. The Kier molecular flexibility index (Phi) is 3.17. The number of amides is 1. The van der Waals surface area contributed by atoms with Gasteiger partial charge in [0.25, 0.3) is 5.91 Å². The van der Waals surface area contributed by atoms with Gasteiger partial charge in [0.2, 0.25) is 0 Å². The zero-order valence-electron chi connectivity index (χ0n) is 9.76. The summed E-state index contributed by atoms with van der Waals surface area (Å²) >= 11 is 0. The fourth-order valence-electron chi connectivity index (χ4n) is 2.40. The molecular weight excluding hydrogens is 202 g/mol. The molecule has 16 heavy (non-hydrogen) atoms. The second kappa shape index (κ2) is 4.60. The topological polar surface area (TPSA) is 46.1 Å². The van der Waals surface area contributed by atoms with E-state index in [1.165, 1.54) is 12.6 Å². The van der Waals surface area contributed by atoms with Gasteiger partial charge in [-0.25, -0.2) is 4.98 Å². The molecule has 1 aliphatic rings. The number of nitrogens with zero attached hydrogens (tertiary/aromatic N) is 3. The molecule has 1 fully saturated rings. The van der Waals surface area contributed by atoms with Crippen LogP contribution in [0, 0.1) is 11.8 Å². The van der Waals surface area contributed by atoms with E-state index in [4.69, 9.17) is 0 Å². The highest BCUT2D eigenvalue weighted by Crippen LogP contribution is 2.21. The molecule has 0 N–H and O–H groups in total. The van der Waals surface area contributed by atoms with Crippen molar-refractivity contribution in [1.29, 1.82) is 0 Å². The first kappa shape index (κ1) is 11.0. The molecule has 86 valence electrons. The highest BCUT2D eigenvalue weighted by Gasteiger charge is 2.26. The first-order chi connectivity index (χ1) is 7.66. The summed E-state index contributed by atoms with van der Waals surface area (Å²) in [5.41, 5.74) is 0.448. The van der Waals surface area contributed by atoms with Crippen molar-refractivity contribution >= 4 is 5.91 Å². The molecule has 2 atom stereocenters. The van der Waals surface area contributed by atoms with Crippen LogP contribution in [0.3, 0.4) is 0 Å². The van der Waals surface area contributed by atoms with Crippen LogP contribution < -0.4 is 0 Å². The lowest BCUT2D eigenvalue weighted by molar-refractivity contribution is 0.0616. The van der Waals surface area contributed by atoms with E-state index in [0.29, 0.717) is 17.5 Å². The molecule has 0 aromatic carbocycles. The zero-order chi connectivity index (χ0) is 11.5. The molecule has 1 aromatic rings. The smallest absolute Gasteiger partial charge is 0.274 e. The highest BCUT2D eigenvalue weighted by molar-refractivity contribution is 5.92. The summed E-state index contributed by atoms with van der Waals surface area (Å²) in [5.74, 6) is 1.15. The van der Waals surface area contributed by atoms with E-state index < -0.39 is 0 Å². The number of hydrogen-bond donors (Lipinski definition) is 0. The molecule has 1 saturated heterocycles. The van der Waals surface area contributed by atoms with E-state index in [1.807, 2.05) is 4.90 Å². The number of carbonyl (C=O) groups is 1. The molecule has 0 aliphatic carbocycles. The number of carbonyl (C=O) groups excluding carboxylic acids is 1. The zero-order valence-corrected chi connectivity index (χ0v) is 9.76. The molecule has 0 spiro atoms. The lowest BCUT2D eigenvalue weighted by Crippen LogP contribution is -2.42. The van der Waals surface area contributed by atoms with Crippen LogP contribution in [-0.2, 0) is 0 Å². The van der Waals surface area contributed by atoms with Gasteiger partial charge in [-0.2, -0.15) is 0 Å². The van der Waals surface area contributed by atoms with Gasteiger partial charge < -0.3 is 4.90 Å². The summed E-state index contributed by atoms with van der Waals surface area (Å²) in [4.78, 5) is 22.0. The van der Waals surface area contributed by atoms with Crippen LogP contribution in [0.25, 0.3) is 0 Å². The van der Waals surface area contributed by atoms with Crippen LogP contribution >= 0.6 is 0 Å². The second-order valence-corrected chi connectivity index (χ2v) is 4.75. The summed E-state index contributed by atoms with van der Waals surface area (Å²) in [5, 5.41) is 0. The first-order valence-electron chi connectivity index (χ1n) is 5.72. The molecule has 1 amide bonds. The minimum Gasteiger partial charge on any atom is -0.337 e. The van der Waals surface area contributed by atoms with Crippen molar-refractivity contribution in [2.24, 2.45) is 11.8 Å². The van der Waals surface area contributed by atoms with E-state index in [9.17, 15) is 4.79 Å². The summed E-state index contributed by atoms with van der Waals surface area (Å²) in [6, 6.07) is 0. The second-order valence-electron chi connectivity index (χ2n) is 4.75. The molecule has 0 bridgehead atoms. The van der Waals surface area contributed by atoms with Gasteiger partial charge in [0.05, 0.1) is 6.20 Å². The Balaban J connectivity index is 2.10. The minimum absolute atomic E-state index is 0.00602. The monoisotopic (exact) mass is 219 g/mol. The molecule has 1 aromatic heterocycles. The quantitative estimate of drug-likeness (QED) is 0.720. The lowest BCUT2D eigenvalue weighted by Gasteiger charge is -2.34. The first-order valence-corrected chi connectivity index (χ1v) is 5.72. The fourth-order valence-corrected chi connectivity index (χ4v) is 2.40. The number of piperidine rings is 1. The van der Waals surface area contributed by atoms with Gasteiger partial charge in [0.15, 0.2) is 0 Å². The van der Waals surface area contributed by atoms with Crippen LogP contribution in [0.15, 0.2) is 18.6 Å². The fraction of sp³-hybridized carbons (Fsp3) is 0.583. The summed E-state index contributed by atoms with van der Waals surface area (Å²) in [7, 11) is 0. The molecular formula is C12H17N3O. The average Bonchev–Trinajstić information content (AvgIpc) is 2.28. The van der Waals surface area contributed by atoms with Crippen molar-refractivity contribution in [3.8, 4) is 0 Å². The molecule has 0 saturated carbocycles. The molecule has 2 rings (SSSR count). The summed E-state index contributed by atoms with van der Waals surface area (Å²) in [6.07, 6.45) is 5.87. The SMILES string of the molecule is CC1CC(C)CN(C(=O)c2cnccn2)C1. The average molecular weight is 219 g/mol. The Labute approximate surface area is 95.7 Å². The van der Waals surface area contributed by atoms with Crippen LogP contribution in [0.4, 0.5) is 0 Å². The maximum atomic E-state index is 12.1. The predicted molar refractivity (Wildman–Crippen MR) is 60.9 cm³/mol. The molecule has 4 heteroatoms. The maximum absolute atomic E-state index is 12.1. The van der Waals surface area contributed by atoms with Gasteiger partial charge in [-0.3, -0.25) is 9.78 Å². The van der Waals surface area contributed by atoms with Crippen LogP contribution in [-0.4, -0.2) is 33.9 Å². The van der Waals surface area contributed by atoms with E-state index >= 15 is 0 Å². The third kappa shape index (κ3) is 2.38. The predicted octanol–water partition coefficient (Wildman–Crippen LogP) is 1.59. The molecule has 0 radical (unpaired) electrons. The van der Waals surface area contributed by atoms with E-state index in [1.54, 1.807) is 12.4 Å². The normalized spacial score (nSPS) is 25.5. The van der Waals surface area contributed by atoms with Crippen LogP contribution in [0.1, 0.15) is 30.8 Å². The van der Waals surface area contributed by atoms with Crippen molar-refractivity contribution in [1.82, 2.24) is 14.9 Å². The van der Waals surface area contributed by atoms with Gasteiger partial charge in [0, 0.05) is 25.5 Å². The molecule has 1 aliphatic heterocycles. The Morgan fingerprint density at radius 3 is 2.56 bits per heavy atom. The maximum Gasteiger partial charge on any atom is 0.274 e. The van der Waals surface area contributed by atoms with Gasteiger partial charge >= 0.3 is 0 Å². The number of rotatable bonds is 1. The van der Waals surface area contributed by atoms with E-state index in [2.05, 4.69) is 23.8 Å². The Bertz CT molecular complexity index is 356. The number of likely N-dealkylation sites (tertiary alicyclic amines) is 1. The lowest BCUT2D eigenvalue weighted by atomic mass is 9.92. The van der Waals surface area contributed by atoms with Crippen molar-refractivity contribution in [3.63, 3.8) is 0 Å². The highest BCUT2D eigenvalue weighted by atomic mass is 16.2. The third-order valence-electron chi connectivity index (χ3n) is 2.94. The van der Waals surface area contributed by atoms with E-state index in [-0.39, 0.29) is 5.91 Å². The molecule has 2 heterocycles. The Hall–Kier alpha value is -1.45. The van der Waals surface area contributed by atoms with Crippen LogP contribution in [0.2, 0.25) is 0 Å². The van der Waals surface area contributed by atoms with Crippen molar-refractivity contribution in [2.45, 2.75) is 20.3 Å². The number of aromatic nitrogens is 2. The minimum atomic E-state index is 0.00602. The Morgan fingerprint density at radius 1 is 1.31 bits per heavy atom. The van der Waals surface area contributed by atoms with Gasteiger partial charge in [-0.1, -0.05) is 13.8 Å². The third-order valence-corrected chi connectivity index (χ3v) is 2.94. The van der Waals surface area contributed by atoms with Gasteiger partial charge in [0.1, 0.15) is 5.69 Å². The molecule has 4 nitrogen and oxygen atoms in total. The summed E-state index contributed by atoms with van der Waals surface area (Å²) < 4.78 is 0.